The van der Waals surface area contributed by atoms with Crippen LogP contribution in [0, 0.1) is 3.57 Å². The van der Waals surface area contributed by atoms with Crippen molar-refractivity contribution in [1.82, 2.24) is 9.97 Å². The van der Waals surface area contributed by atoms with E-state index in [9.17, 15) is 4.79 Å². The predicted molar refractivity (Wildman–Crippen MR) is 129 cm³/mol. The Labute approximate surface area is 186 Å². The average Bonchev–Trinajstić information content (AvgIpc) is 3.18. The van der Waals surface area contributed by atoms with Gasteiger partial charge in [0.15, 0.2) is 0 Å². The summed E-state index contributed by atoms with van der Waals surface area (Å²) in [6.45, 7) is 4.33. The number of anilines is 2. The van der Waals surface area contributed by atoms with Crippen molar-refractivity contribution < 1.29 is 4.79 Å². The molecule has 29 heavy (non-hydrogen) atoms. The van der Waals surface area contributed by atoms with Gasteiger partial charge in [-0.3, -0.25) is 9.78 Å². The third-order valence-corrected chi connectivity index (χ3v) is 6.04. The van der Waals surface area contributed by atoms with Crippen LogP contribution in [-0.4, -0.2) is 22.4 Å². The summed E-state index contributed by atoms with van der Waals surface area (Å²) < 4.78 is 1.13. The number of halogens is 1. The fourth-order valence-corrected chi connectivity index (χ4v) is 4.16. The van der Waals surface area contributed by atoms with Gasteiger partial charge in [0.05, 0.1) is 21.9 Å². The monoisotopic (exact) mass is 512 g/mol. The summed E-state index contributed by atoms with van der Waals surface area (Å²) >= 11 is 3.64. The second kappa shape index (κ2) is 8.71. The molecule has 0 radical (unpaired) electrons. The lowest BCUT2D eigenvalue weighted by molar-refractivity contribution is 0.103. The quantitative estimate of drug-likeness (QED) is 0.253. The first kappa shape index (κ1) is 19.5. The van der Waals surface area contributed by atoms with Gasteiger partial charge in [0.1, 0.15) is 4.83 Å². The minimum atomic E-state index is -0.186. The van der Waals surface area contributed by atoms with Gasteiger partial charge in [0.2, 0.25) is 0 Å². The lowest BCUT2D eigenvalue weighted by Crippen LogP contribution is -2.14. The number of pyridine rings is 2. The number of fused-ring (bicyclic) bond motifs is 1. The number of hydrogen-bond donors (Lipinski definition) is 2. The summed E-state index contributed by atoms with van der Waals surface area (Å²) in [6, 6.07) is 15.6. The Morgan fingerprint density at radius 3 is 2.72 bits per heavy atom. The first-order chi connectivity index (χ1) is 14.2. The molecule has 144 valence electrons. The molecular formula is C22H17IN4OS. The van der Waals surface area contributed by atoms with Crippen molar-refractivity contribution in [2.24, 2.45) is 0 Å². The summed E-state index contributed by atoms with van der Waals surface area (Å²) in [5, 5.41) is 7.30. The molecule has 3 heterocycles. The minimum absolute atomic E-state index is 0.186. The number of carbonyl (C=O) groups excluding carboxylic acids is 1. The molecule has 0 spiro atoms. The van der Waals surface area contributed by atoms with Crippen molar-refractivity contribution >= 4 is 61.4 Å². The first-order valence-corrected chi connectivity index (χ1v) is 10.8. The van der Waals surface area contributed by atoms with E-state index >= 15 is 0 Å². The van der Waals surface area contributed by atoms with E-state index in [2.05, 4.69) is 49.8 Å². The molecule has 4 rings (SSSR count). The molecule has 2 N–H and O–H groups in total. The number of hydrogen-bond acceptors (Lipinski definition) is 5. The van der Waals surface area contributed by atoms with E-state index in [1.54, 1.807) is 18.5 Å². The molecule has 0 aliphatic rings. The van der Waals surface area contributed by atoms with Gasteiger partial charge < -0.3 is 10.6 Å². The summed E-state index contributed by atoms with van der Waals surface area (Å²) in [7, 11) is 0. The Balaban J connectivity index is 1.74. The van der Waals surface area contributed by atoms with Crippen molar-refractivity contribution in [2.75, 3.05) is 17.2 Å². The van der Waals surface area contributed by atoms with Crippen LogP contribution in [0.3, 0.4) is 0 Å². The van der Waals surface area contributed by atoms with Gasteiger partial charge in [0, 0.05) is 33.5 Å². The summed E-state index contributed by atoms with van der Waals surface area (Å²) in [5.74, 6) is -0.186. The third-order valence-electron chi connectivity index (χ3n) is 4.26. The second-order valence-corrected chi connectivity index (χ2v) is 8.50. The van der Waals surface area contributed by atoms with Gasteiger partial charge in [-0.25, -0.2) is 4.98 Å². The fourth-order valence-electron chi connectivity index (χ4n) is 2.90. The van der Waals surface area contributed by atoms with Gasteiger partial charge >= 0.3 is 0 Å². The van der Waals surface area contributed by atoms with Crippen molar-refractivity contribution in [2.45, 2.75) is 0 Å². The SMILES string of the molecule is C=CCNc1ccnc(-c2ccc(I)cc2)c1NC(=O)c1cc2cccnc2s1. The predicted octanol–water partition coefficient (Wildman–Crippen LogP) is 5.81. The Morgan fingerprint density at radius 1 is 1.14 bits per heavy atom. The maximum absolute atomic E-state index is 13.0. The van der Waals surface area contributed by atoms with E-state index in [-0.39, 0.29) is 5.91 Å². The highest BCUT2D eigenvalue weighted by molar-refractivity contribution is 14.1. The standard InChI is InChI=1S/C22H17IN4OS/c1-2-10-24-17-9-12-25-19(14-5-7-16(23)8-6-14)20(17)27-21(28)18-13-15-4-3-11-26-22(15)29-18/h2-9,11-13H,1,10H2,(H,24,25)(H,27,28). The van der Waals surface area contributed by atoms with Crippen molar-refractivity contribution in [1.29, 1.82) is 0 Å². The van der Waals surface area contributed by atoms with Crippen LogP contribution in [0.15, 0.2) is 73.6 Å². The molecule has 0 unspecified atom stereocenters. The van der Waals surface area contributed by atoms with E-state index in [1.807, 2.05) is 48.5 Å². The highest BCUT2D eigenvalue weighted by atomic mass is 127. The maximum Gasteiger partial charge on any atom is 0.265 e. The number of carbonyl (C=O) groups is 1. The van der Waals surface area contributed by atoms with E-state index in [0.29, 0.717) is 22.8 Å². The summed E-state index contributed by atoms with van der Waals surface area (Å²) in [6.07, 6.45) is 5.24. The fraction of sp³-hybridized carbons (Fsp3) is 0.0455. The molecule has 0 saturated carbocycles. The number of benzene rings is 1. The molecule has 1 amide bonds. The third kappa shape index (κ3) is 4.30. The lowest BCUT2D eigenvalue weighted by atomic mass is 10.1. The molecule has 1 aromatic carbocycles. The van der Waals surface area contributed by atoms with Crippen LogP contribution in [-0.2, 0) is 0 Å². The number of nitrogens with one attached hydrogen (secondary N) is 2. The Bertz CT molecular complexity index is 1150. The van der Waals surface area contributed by atoms with Gasteiger partial charge in [-0.2, -0.15) is 0 Å². The van der Waals surface area contributed by atoms with Crippen molar-refractivity contribution in [3.63, 3.8) is 0 Å². The molecule has 0 atom stereocenters. The van der Waals surface area contributed by atoms with E-state index in [1.165, 1.54) is 11.3 Å². The van der Waals surface area contributed by atoms with E-state index in [4.69, 9.17) is 0 Å². The van der Waals surface area contributed by atoms with E-state index in [0.717, 1.165) is 25.0 Å². The minimum Gasteiger partial charge on any atom is -0.380 e. The lowest BCUT2D eigenvalue weighted by Gasteiger charge is -2.16. The van der Waals surface area contributed by atoms with Gasteiger partial charge in [-0.1, -0.05) is 24.3 Å². The Morgan fingerprint density at radius 2 is 1.97 bits per heavy atom. The smallest absolute Gasteiger partial charge is 0.265 e. The summed E-state index contributed by atoms with van der Waals surface area (Å²) in [5.41, 5.74) is 3.08. The van der Waals surface area contributed by atoms with Gasteiger partial charge in [-0.05, 0) is 52.9 Å². The largest absolute Gasteiger partial charge is 0.380 e. The number of thiophene rings is 1. The average molecular weight is 512 g/mol. The molecule has 0 aliphatic carbocycles. The zero-order chi connectivity index (χ0) is 20.2. The number of rotatable bonds is 6. The molecule has 7 heteroatoms. The molecule has 0 bridgehead atoms. The first-order valence-electron chi connectivity index (χ1n) is 8.91. The second-order valence-electron chi connectivity index (χ2n) is 6.22. The normalized spacial score (nSPS) is 10.7. The zero-order valence-electron chi connectivity index (χ0n) is 15.4. The van der Waals surface area contributed by atoms with Gasteiger partial charge in [-0.15, -0.1) is 17.9 Å². The zero-order valence-corrected chi connectivity index (χ0v) is 18.3. The molecule has 5 nitrogen and oxygen atoms in total. The van der Waals surface area contributed by atoms with Crippen LogP contribution >= 0.6 is 33.9 Å². The molecule has 4 aromatic rings. The topological polar surface area (TPSA) is 66.9 Å². The molecule has 0 fully saturated rings. The molecule has 0 saturated heterocycles. The molecular weight excluding hydrogens is 495 g/mol. The molecule has 0 aliphatic heterocycles. The van der Waals surface area contributed by atoms with Crippen LogP contribution in [0.4, 0.5) is 11.4 Å². The Hall–Kier alpha value is -2.78. The Kier molecular flexibility index (Phi) is 5.86. The van der Waals surface area contributed by atoms with Gasteiger partial charge in [0.25, 0.3) is 5.91 Å². The van der Waals surface area contributed by atoms with E-state index < -0.39 is 0 Å². The number of aromatic nitrogens is 2. The van der Waals surface area contributed by atoms with Crippen LogP contribution in [0.25, 0.3) is 21.5 Å². The highest BCUT2D eigenvalue weighted by Crippen LogP contribution is 2.34. The maximum atomic E-state index is 13.0. The summed E-state index contributed by atoms with van der Waals surface area (Å²) in [4.78, 5) is 23.4. The number of nitrogens with zero attached hydrogens (tertiary/aromatic N) is 2. The highest BCUT2D eigenvalue weighted by Gasteiger charge is 2.17. The number of amides is 1. The van der Waals surface area contributed by atoms with Crippen LogP contribution in [0.2, 0.25) is 0 Å². The van der Waals surface area contributed by atoms with Crippen LogP contribution in [0.1, 0.15) is 9.67 Å². The van der Waals surface area contributed by atoms with Crippen molar-refractivity contribution in [3.8, 4) is 11.3 Å². The van der Waals surface area contributed by atoms with Crippen LogP contribution in [0.5, 0.6) is 0 Å². The van der Waals surface area contributed by atoms with Crippen LogP contribution < -0.4 is 10.6 Å². The van der Waals surface area contributed by atoms with Crippen molar-refractivity contribution in [3.05, 3.63) is 82.0 Å². The molecule has 3 aromatic heterocycles.